The summed E-state index contributed by atoms with van der Waals surface area (Å²) in [6.45, 7) is 10.2. The van der Waals surface area contributed by atoms with Crippen molar-refractivity contribution in [1.29, 1.82) is 0 Å². The van der Waals surface area contributed by atoms with Crippen LogP contribution in [0.2, 0.25) is 0 Å². The molecule has 0 aliphatic carbocycles. The van der Waals surface area contributed by atoms with Crippen LogP contribution in [0.5, 0.6) is 11.5 Å². The normalized spacial score (nSPS) is 20.9. The van der Waals surface area contributed by atoms with Crippen LogP contribution in [-0.2, 0) is 14.9 Å². The lowest BCUT2D eigenvalue weighted by molar-refractivity contribution is 0.0186. The molecule has 0 radical (unpaired) electrons. The van der Waals surface area contributed by atoms with Crippen molar-refractivity contribution in [3.63, 3.8) is 0 Å². The number of carbonyl (C=O) groups is 1. The van der Waals surface area contributed by atoms with Crippen LogP contribution in [0.15, 0.2) is 23.2 Å². The molecule has 0 saturated carbocycles. The Morgan fingerprint density at radius 1 is 1.09 bits per heavy atom. The molecule has 0 atom stereocenters. The van der Waals surface area contributed by atoms with Gasteiger partial charge >= 0.3 is 6.09 Å². The molecular formula is C23H34N4O5. The summed E-state index contributed by atoms with van der Waals surface area (Å²) in [4.78, 5) is 20.9. The second kappa shape index (κ2) is 9.05. The van der Waals surface area contributed by atoms with E-state index < -0.39 is 5.60 Å². The van der Waals surface area contributed by atoms with Crippen LogP contribution in [0.1, 0.15) is 39.2 Å². The van der Waals surface area contributed by atoms with Crippen molar-refractivity contribution >= 4 is 12.1 Å². The number of benzene rings is 1. The number of amides is 1. The zero-order valence-corrected chi connectivity index (χ0v) is 19.3. The fraction of sp³-hybridized carbons (Fsp3) is 0.652. The first kappa shape index (κ1) is 22.5. The number of fused-ring (bicyclic) bond motifs is 1. The third-order valence-electron chi connectivity index (χ3n) is 6.23. The molecule has 4 rings (SSSR count). The Balaban J connectivity index is 1.41. The number of hydrogen-bond donors (Lipinski definition) is 1. The minimum atomic E-state index is -0.499. The maximum atomic E-state index is 12.3. The number of aliphatic imine (C=N–C) groups is 1. The Morgan fingerprint density at radius 2 is 1.75 bits per heavy atom. The molecule has 9 nitrogen and oxygen atoms in total. The van der Waals surface area contributed by atoms with Gasteiger partial charge in [0, 0.05) is 44.8 Å². The van der Waals surface area contributed by atoms with Gasteiger partial charge in [0.05, 0.1) is 6.54 Å². The molecule has 2 fully saturated rings. The first-order chi connectivity index (χ1) is 15.3. The van der Waals surface area contributed by atoms with Gasteiger partial charge in [0.1, 0.15) is 5.60 Å². The number of nitrogens with two attached hydrogens (primary N) is 1. The number of hydrogen-bond acceptors (Lipinski definition) is 6. The molecule has 2 N–H and O–H groups in total. The van der Waals surface area contributed by atoms with Crippen molar-refractivity contribution < 1.29 is 23.7 Å². The van der Waals surface area contributed by atoms with Crippen LogP contribution in [0.3, 0.4) is 0 Å². The highest BCUT2D eigenvalue weighted by atomic mass is 16.7. The summed E-state index contributed by atoms with van der Waals surface area (Å²) < 4.78 is 22.2. The Bertz CT molecular complexity index is 852. The van der Waals surface area contributed by atoms with Crippen LogP contribution < -0.4 is 15.2 Å². The number of piperazine rings is 1. The molecule has 9 heteroatoms. The van der Waals surface area contributed by atoms with Crippen LogP contribution in [0.4, 0.5) is 4.79 Å². The van der Waals surface area contributed by atoms with E-state index in [1.807, 2.05) is 31.7 Å². The van der Waals surface area contributed by atoms with Crippen LogP contribution in [0, 0.1) is 0 Å². The summed E-state index contributed by atoms with van der Waals surface area (Å²) in [5.41, 5.74) is 6.91. The lowest BCUT2D eigenvalue weighted by Crippen LogP contribution is -2.53. The summed E-state index contributed by atoms with van der Waals surface area (Å²) in [6.07, 6.45) is 1.46. The zero-order valence-electron chi connectivity index (χ0n) is 19.3. The largest absolute Gasteiger partial charge is 0.454 e. The molecular weight excluding hydrogens is 412 g/mol. The van der Waals surface area contributed by atoms with E-state index in [0.717, 1.165) is 24.3 Å². The van der Waals surface area contributed by atoms with Gasteiger partial charge in [-0.25, -0.2) is 4.79 Å². The quantitative estimate of drug-likeness (QED) is 0.562. The van der Waals surface area contributed by atoms with Gasteiger partial charge in [-0.1, -0.05) is 6.07 Å². The third-order valence-corrected chi connectivity index (χ3v) is 6.23. The third kappa shape index (κ3) is 5.03. The average Bonchev–Trinajstić information content (AvgIpc) is 3.25. The monoisotopic (exact) mass is 446 g/mol. The smallest absolute Gasteiger partial charge is 0.410 e. The topological polar surface area (TPSA) is 98.9 Å². The molecule has 3 aliphatic rings. The second-order valence-corrected chi connectivity index (χ2v) is 9.59. The Labute approximate surface area is 189 Å². The van der Waals surface area contributed by atoms with Gasteiger partial charge < -0.3 is 34.5 Å². The van der Waals surface area contributed by atoms with Crippen LogP contribution >= 0.6 is 0 Å². The van der Waals surface area contributed by atoms with E-state index in [9.17, 15) is 4.79 Å². The van der Waals surface area contributed by atoms with Crippen molar-refractivity contribution in [3.8, 4) is 11.5 Å². The van der Waals surface area contributed by atoms with E-state index in [1.54, 1.807) is 4.90 Å². The van der Waals surface area contributed by atoms with Gasteiger partial charge in [-0.2, -0.15) is 0 Å². The summed E-state index contributed by atoms with van der Waals surface area (Å²) >= 11 is 0. The number of ether oxygens (including phenoxy) is 4. The van der Waals surface area contributed by atoms with Crippen molar-refractivity contribution in [2.45, 2.75) is 44.6 Å². The lowest BCUT2D eigenvalue weighted by Gasteiger charge is -2.38. The van der Waals surface area contributed by atoms with Gasteiger partial charge in [0.25, 0.3) is 0 Å². The molecule has 1 amide bonds. The average molecular weight is 447 g/mol. The minimum Gasteiger partial charge on any atom is -0.454 e. The number of rotatable bonds is 3. The molecule has 2 saturated heterocycles. The lowest BCUT2D eigenvalue weighted by atomic mass is 9.74. The van der Waals surface area contributed by atoms with Crippen LogP contribution in [0.25, 0.3) is 0 Å². The second-order valence-electron chi connectivity index (χ2n) is 9.59. The molecule has 3 heterocycles. The van der Waals surface area contributed by atoms with Gasteiger partial charge in [0.2, 0.25) is 6.79 Å². The molecule has 32 heavy (non-hydrogen) atoms. The van der Waals surface area contributed by atoms with Crippen molar-refractivity contribution in [2.24, 2.45) is 10.7 Å². The highest BCUT2D eigenvalue weighted by Gasteiger charge is 2.36. The van der Waals surface area contributed by atoms with Crippen molar-refractivity contribution in [1.82, 2.24) is 9.80 Å². The molecule has 0 unspecified atom stereocenters. The summed E-state index contributed by atoms with van der Waals surface area (Å²) in [6, 6.07) is 6.14. The highest BCUT2D eigenvalue weighted by molar-refractivity contribution is 5.78. The molecule has 1 aromatic carbocycles. The van der Waals surface area contributed by atoms with E-state index in [-0.39, 0.29) is 18.3 Å². The van der Waals surface area contributed by atoms with E-state index in [0.29, 0.717) is 51.9 Å². The molecule has 0 spiro atoms. The number of guanidine groups is 1. The standard InChI is InChI=1S/C23H34N4O5/c1-22(2,3)32-21(28)27-10-8-26(9-11-27)20(24)25-15-23(6-12-29-13-7-23)17-4-5-18-19(14-17)31-16-30-18/h4-5,14H,6-13,15-16H2,1-3H3,(H2,24,25). The maximum absolute atomic E-state index is 12.3. The maximum Gasteiger partial charge on any atom is 0.410 e. The van der Waals surface area contributed by atoms with Crippen molar-refractivity contribution in [2.75, 3.05) is 52.7 Å². The summed E-state index contributed by atoms with van der Waals surface area (Å²) in [5.74, 6) is 2.07. The Hall–Kier alpha value is -2.68. The summed E-state index contributed by atoms with van der Waals surface area (Å²) in [7, 11) is 0. The highest BCUT2D eigenvalue weighted by Crippen LogP contribution is 2.41. The fourth-order valence-electron chi connectivity index (χ4n) is 4.30. The van der Waals surface area contributed by atoms with Gasteiger partial charge in [-0.05, 0) is 51.3 Å². The zero-order chi connectivity index (χ0) is 22.8. The fourth-order valence-corrected chi connectivity index (χ4v) is 4.30. The van der Waals surface area contributed by atoms with E-state index >= 15 is 0 Å². The molecule has 176 valence electrons. The van der Waals surface area contributed by atoms with Crippen LogP contribution in [-0.4, -0.2) is 80.2 Å². The van der Waals surface area contributed by atoms with E-state index in [2.05, 4.69) is 12.1 Å². The minimum absolute atomic E-state index is 0.151. The summed E-state index contributed by atoms with van der Waals surface area (Å²) in [5, 5.41) is 0. The van der Waals surface area contributed by atoms with Gasteiger partial charge in [-0.3, -0.25) is 4.99 Å². The van der Waals surface area contributed by atoms with Gasteiger partial charge in [0.15, 0.2) is 17.5 Å². The molecule has 0 bridgehead atoms. The molecule has 1 aromatic rings. The van der Waals surface area contributed by atoms with E-state index in [1.165, 1.54) is 5.56 Å². The van der Waals surface area contributed by atoms with Gasteiger partial charge in [-0.15, -0.1) is 0 Å². The predicted molar refractivity (Wildman–Crippen MR) is 120 cm³/mol. The number of nitrogens with zero attached hydrogens (tertiary/aromatic N) is 3. The van der Waals surface area contributed by atoms with Crippen molar-refractivity contribution in [3.05, 3.63) is 23.8 Å². The predicted octanol–water partition coefficient (Wildman–Crippen LogP) is 2.33. The number of carbonyl (C=O) groups excluding carboxylic acids is 1. The van der Waals surface area contributed by atoms with E-state index in [4.69, 9.17) is 29.7 Å². The Morgan fingerprint density at radius 3 is 2.44 bits per heavy atom. The molecule has 3 aliphatic heterocycles. The SMILES string of the molecule is CC(C)(C)OC(=O)N1CCN(C(N)=NCC2(c3ccc4c(c3)OCO4)CCOCC2)CC1. The molecule has 0 aromatic heterocycles. The first-order valence-corrected chi connectivity index (χ1v) is 11.3. The first-order valence-electron chi connectivity index (χ1n) is 11.3. The Kier molecular flexibility index (Phi) is 6.37.